The molecule has 1 N–H and O–H groups in total. The van der Waals surface area contributed by atoms with E-state index in [9.17, 15) is 9.90 Å². The third-order valence-corrected chi connectivity index (χ3v) is 4.73. The van der Waals surface area contributed by atoms with Crippen LogP contribution in [0.5, 0.6) is 0 Å². The van der Waals surface area contributed by atoms with Gasteiger partial charge in [0.15, 0.2) is 12.2 Å². The molecule has 0 bridgehead atoms. The van der Waals surface area contributed by atoms with Crippen LogP contribution in [0.4, 0.5) is 0 Å². The first-order valence-electron chi connectivity index (χ1n) is 8.93. The fourth-order valence-corrected chi connectivity index (χ4v) is 3.35. The lowest BCUT2D eigenvalue weighted by atomic mass is 9.95. The largest absolute Gasteiger partial charge is 0.452 e. The van der Waals surface area contributed by atoms with E-state index in [1.165, 1.54) is 0 Å². The molecular formula is C23H20O4. The zero-order valence-corrected chi connectivity index (χ0v) is 14.6. The molecule has 0 amide bonds. The molecule has 4 rings (SSSR count). The zero-order chi connectivity index (χ0) is 18.6. The number of hydrogen-bond donors (Lipinski definition) is 1. The van der Waals surface area contributed by atoms with E-state index < -0.39 is 30.4 Å². The standard InChI is InChI=1S/C23H20O4/c24-19(16-10-4-1-5-11-16)22-23(25)27-21(18-14-8-3-9-15-18)20(26-22)17-12-6-2-7-13-17/h1-15,19-22,24H/t19-,20+,21+,22-/m1/s1. The number of cyclic esters (lactones) is 1. The summed E-state index contributed by atoms with van der Waals surface area (Å²) in [6.07, 6.45) is -3.26. The van der Waals surface area contributed by atoms with Gasteiger partial charge in [-0.3, -0.25) is 0 Å². The van der Waals surface area contributed by atoms with Gasteiger partial charge in [0.1, 0.15) is 12.2 Å². The second-order valence-electron chi connectivity index (χ2n) is 6.51. The lowest BCUT2D eigenvalue weighted by Gasteiger charge is -2.37. The van der Waals surface area contributed by atoms with Gasteiger partial charge in [-0.15, -0.1) is 0 Å². The Bertz CT molecular complexity index is 880. The summed E-state index contributed by atoms with van der Waals surface area (Å²) >= 11 is 0. The van der Waals surface area contributed by atoms with Gasteiger partial charge >= 0.3 is 5.97 Å². The topological polar surface area (TPSA) is 55.8 Å². The van der Waals surface area contributed by atoms with Crippen molar-refractivity contribution < 1.29 is 19.4 Å². The minimum absolute atomic E-state index is 0.505. The molecule has 0 aliphatic carbocycles. The van der Waals surface area contributed by atoms with Crippen LogP contribution in [-0.4, -0.2) is 17.2 Å². The van der Waals surface area contributed by atoms with Crippen molar-refractivity contribution in [2.24, 2.45) is 0 Å². The molecular weight excluding hydrogens is 340 g/mol. The molecule has 27 heavy (non-hydrogen) atoms. The van der Waals surface area contributed by atoms with Gasteiger partial charge in [-0.2, -0.15) is 0 Å². The van der Waals surface area contributed by atoms with Crippen LogP contribution in [0.3, 0.4) is 0 Å². The van der Waals surface area contributed by atoms with Gasteiger partial charge < -0.3 is 14.6 Å². The van der Waals surface area contributed by atoms with Crippen molar-refractivity contribution in [1.82, 2.24) is 0 Å². The molecule has 4 heteroatoms. The van der Waals surface area contributed by atoms with Crippen molar-refractivity contribution in [3.8, 4) is 0 Å². The zero-order valence-electron chi connectivity index (χ0n) is 14.6. The smallest absolute Gasteiger partial charge is 0.339 e. The highest BCUT2D eigenvalue weighted by molar-refractivity contribution is 5.77. The lowest BCUT2D eigenvalue weighted by Crippen LogP contribution is -2.41. The fraction of sp³-hybridized carbons (Fsp3) is 0.174. The Labute approximate surface area is 158 Å². The number of benzene rings is 3. The molecule has 1 heterocycles. The minimum Gasteiger partial charge on any atom is -0.452 e. The maximum atomic E-state index is 12.7. The van der Waals surface area contributed by atoms with Gasteiger partial charge in [-0.1, -0.05) is 91.0 Å². The number of rotatable bonds is 4. The third kappa shape index (κ3) is 3.63. The first-order valence-corrected chi connectivity index (χ1v) is 8.93. The number of hydrogen-bond acceptors (Lipinski definition) is 4. The van der Waals surface area contributed by atoms with Crippen LogP contribution in [0.15, 0.2) is 91.0 Å². The molecule has 4 atom stereocenters. The highest BCUT2D eigenvalue weighted by Crippen LogP contribution is 2.42. The molecule has 1 aliphatic rings. The number of aliphatic hydroxyl groups is 1. The SMILES string of the molecule is O=C1O[C@@H](c2ccccc2)[C@H](c2ccccc2)O[C@@H]1[C@H](O)c1ccccc1. The van der Waals surface area contributed by atoms with E-state index in [4.69, 9.17) is 9.47 Å². The summed E-state index contributed by atoms with van der Waals surface area (Å²) in [5.41, 5.74) is 2.36. The van der Waals surface area contributed by atoms with Gasteiger partial charge in [0.05, 0.1) is 0 Å². The van der Waals surface area contributed by atoms with E-state index in [0.29, 0.717) is 5.56 Å². The number of carbonyl (C=O) groups is 1. The Morgan fingerprint density at radius 2 is 1.19 bits per heavy atom. The summed E-state index contributed by atoms with van der Waals surface area (Å²) < 4.78 is 11.9. The summed E-state index contributed by atoms with van der Waals surface area (Å²) in [7, 11) is 0. The lowest BCUT2D eigenvalue weighted by molar-refractivity contribution is -0.216. The highest BCUT2D eigenvalue weighted by atomic mass is 16.6. The Morgan fingerprint density at radius 3 is 1.74 bits per heavy atom. The summed E-state index contributed by atoms with van der Waals surface area (Å²) in [6.45, 7) is 0. The molecule has 1 fully saturated rings. The van der Waals surface area contributed by atoms with E-state index in [2.05, 4.69) is 0 Å². The van der Waals surface area contributed by atoms with Crippen LogP contribution in [0.2, 0.25) is 0 Å². The number of esters is 1. The van der Waals surface area contributed by atoms with Gasteiger partial charge in [0.25, 0.3) is 0 Å². The number of aliphatic hydroxyl groups excluding tert-OH is 1. The van der Waals surface area contributed by atoms with E-state index in [1.807, 2.05) is 78.9 Å². The molecule has 0 saturated carbocycles. The Kier molecular flexibility index (Phi) is 5.01. The quantitative estimate of drug-likeness (QED) is 0.711. The van der Waals surface area contributed by atoms with Crippen LogP contribution < -0.4 is 0 Å². The normalized spacial score (nSPS) is 23.4. The summed E-state index contributed by atoms with van der Waals surface area (Å²) in [6, 6.07) is 28.2. The van der Waals surface area contributed by atoms with Gasteiger partial charge in [-0.05, 0) is 16.7 Å². The van der Waals surface area contributed by atoms with Gasteiger partial charge in [-0.25, -0.2) is 4.79 Å². The van der Waals surface area contributed by atoms with Crippen molar-refractivity contribution in [2.45, 2.75) is 24.4 Å². The molecule has 0 spiro atoms. The monoisotopic (exact) mass is 360 g/mol. The average molecular weight is 360 g/mol. The molecule has 3 aromatic rings. The first-order chi connectivity index (χ1) is 13.2. The van der Waals surface area contributed by atoms with E-state index in [0.717, 1.165) is 11.1 Å². The van der Waals surface area contributed by atoms with E-state index in [1.54, 1.807) is 12.1 Å². The van der Waals surface area contributed by atoms with Crippen molar-refractivity contribution in [3.63, 3.8) is 0 Å². The summed E-state index contributed by atoms with van der Waals surface area (Å²) in [5, 5.41) is 10.7. The Balaban J connectivity index is 1.68. The van der Waals surface area contributed by atoms with Gasteiger partial charge in [0.2, 0.25) is 0 Å². The molecule has 1 saturated heterocycles. The molecule has 0 unspecified atom stereocenters. The molecule has 4 nitrogen and oxygen atoms in total. The molecule has 0 radical (unpaired) electrons. The number of carbonyl (C=O) groups excluding carboxylic acids is 1. The van der Waals surface area contributed by atoms with Crippen molar-refractivity contribution in [3.05, 3.63) is 108 Å². The van der Waals surface area contributed by atoms with Crippen molar-refractivity contribution >= 4 is 5.97 Å². The minimum atomic E-state index is -1.10. The van der Waals surface area contributed by atoms with Crippen LogP contribution in [0, 0.1) is 0 Å². The Morgan fingerprint density at radius 1 is 0.704 bits per heavy atom. The second kappa shape index (κ2) is 7.74. The van der Waals surface area contributed by atoms with Crippen LogP contribution in [0.25, 0.3) is 0 Å². The van der Waals surface area contributed by atoms with Crippen LogP contribution in [0.1, 0.15) is 35.0 Å². The maximum Gasteiger partial charge on any atom is 0.339 e. The number of ether oxygens (including phenoxy) is 2. The van der Waals surface area contributed by atoms with Crippen LogP contribution >= 0.6 is 0 Å². The second-order valence-corrected chi connectivity index (χ2v) is 6.51. The molecule has 136 valence electrons. The average Bonchev–Trinajstić information content (AvgIpc) is 2.75. The molecule has 1 aliphatic heterocycles. The van der Waals surface area contributed by atoms with E-state index >= 15 is 0 Å². The molecule has 0 aromatic heterocycles. The summed E-state index contributed by atoms with van der Waals surface area (Å²) in [4.78, 5) is 12.7. The molecule has 3 aromatic carbocycles. The highest BCUT2D eigenvalue weighted by Gasteiger charge is 2.43. The van der Waals surface area contributed by atoms with Gasteiger partial charge in [0, 0.05) is 0 Å². The predicted molar refractivity (Wildman–Crippen MR) is 101 cm³/mol. The third-order valence-electron chi connectivity index (χ3n) is 4.73. The maximum absolute atomic E-state index is 12.7. The predicted octanol–water partition coefficient (Wildman–Crippen LogP) is 4.14. The van der Waals surface area contributed by atoms with Crippen LogP contribution in [-0.2, 0) is 14.3 Å². The van der Waals surface area contributed by atoms with E-state index in [-0.39, 0.29) is 0 Å². The first kappa shape index (κ1) is 17.5. The fourth-order valence-electron chi connectivity index (χ4n) is 3.35. The van der Waals surface area contributed by atoms with Crippen molar-refractivity contribution in [1.29, 1.82) is 0 Å². The van der Waals surface area contributed by atoms with Crippen molar-refractivity contribution in [2.75, 3.05) is 0 Å². The Hall–Kier alpha value is -2.95. The summed E-state index contributed by atoms with van der Waals surface area (Å²) in [5.74, 6) is -0.563.